The van der Waals surface area contributed by atoms with Crippen LogP contribution in [0.1, 0.15) is 10.5 Å². The number of aromatic nitrogens is 1. The summed E-state index contributed by atoms with van der Waals surface area (Å²) in [5.41, 5.74) is 0.403. The molecule has 0 fully saturated rings. The number of aromatic amines is 1. The fraction of sp³-hybridized carbons (Fsp3) is 0. The second-order valence-electron chi connectivity index (χ2n) is 3.17. The molecule has 0 bridgehead atoms. The molecular weight excluding hydrogens is 233 g/mol. The molecule has 0 aliphatic heterocycles. The number of rotatable bonds is 2. The van der Waals surface area contributed by atoms with Crippen LogP contribution >= 0.6 is 11.6 Å². The predicted molar refractivity (Wildman–Crippen MR) is 58.2 cm³/mol. The van der Waals surface area contributed by atoms with Gasteiger partial charge < -0.3 is 10.1 Å². The fourth-order valence-corrected chi connectivity index (χ4v) is 1.66. The van der Waals surface area contributed by atoms with Crippen molar-refractivity contribution in [2.45, 2.75) is 0 Å². The van der Waals surface area contributed by atoms with Crippen LogP contribution in [0, 0.1) is 5.82 Å². The smallest absolute Gasteiger partial charge is 0.352 e. The molecule has 2 aromatic rings. The zero-order valence-electron chi connectivity index (χ0n) is 8.00. The SMILES string of the molecule is O=C(O)c1[nH]ccc1-c1cccc(Cl)c1F. The van der Waals surface area contributed by atoms with Gasteiger partial charge in [0.15, 0.2) is 0 Å². The average molecular weight is 240 g/mol. The van der Waals surface area contributed by atoms with Gasteiger partial charge >= 0.3 is 5.97 Å². The van der Waals surface area contributed by atoms with Crippen LogP contribution in [0.3, 0.4) is 0 Å². The highest BCUT2D eigenvalue weighted by molar-refractivity contribution is 6.31. The van der Waals surface area contributed by atoms with Crippen LogP contribution in [0.2, 0.25) is 5.02 Å². The van der Waals surface area contributed by atoms with Crippen molar-refractivity contribution in [2.75, 3.05) is 0 Å². The van der Waals surface area contributed by atoms with Crippen LogP contribution in [-0.2, 0) is 0 Å². The first kappa shape index (κ1) is 10.7. The number of hydrogen-bond donors (Lipinski definition) is 2. The van der Waals surface area contributed by atoms with E-state index in [9.17, 15) is 9.18 Å². The summed E-state index contributed by atoms with van der Waals surface area (Å²) in [6.45, 7) is 0. The standard InChI is InChI=1S/C11H7ClFNO2/c12-8-3-1-2-6(9(8)13)7-4-5-14-10(7)11(15)16/h1-5,14H,(H,15,16). The number of nitrogens with one attached hydrogen (secondary N) is 1. The van der Waals surface area contributed by atoms with Gasteiger partial charge in [-0.3, -0.25) is 0 Å². The monoisotopic (exact) mass is 239 g/mol. The lowest BCUT2D eigenvalue weighted by atomic mass is 10.1. The minimum Gasteiger partial charge on any atom is -0.477 e. The Morgan fingerprint density at radius 2 is 2.06 bits per heavy atom. The molecule has 0 spiro atoms. The molecule has 2 rings (SSSR count). The minimum atomic E-state index is -1.14. The van der Waals surface area contributed by atoms with Crippen molar-refractivity contribution in [1.82, 2.24) is 4.98 Å². The first-order valence-corrected chi connectivity index (χ1v) is 4.84. The largest absolute Gasteiger partial charge is 0.477 e. The molecule has 1 aromatic heterocycles. The van der Waals surface area contributed by atoms with E-state index in [1.807, 2.05) is 0 Å². The van der Waals surface area contributed by atoms with Crippen molar-refractivity contribution < 1.29 is 14.3 Å². The van der Waals surface area contributed by atoms with E-state index < -0.39 is 11.8 Å². The van der Waals surface area contributed by atoms with Gasteiger partial charge in [-0.2, -0.15) is 0 Å². The lowest BCUT2D eigenvalue weighted by molar-refractivity contribution is 0.0692. The van der Waals surface area contributed by atoms with Gasteiger partial charge in [0.05, 0.1) is 5.02 Å². The van der Waals surface area contributed by atoms with Crippen molar-refractivity contribution in [3.8, 4) is 11.1 Å². The van der Waals surface area contributed by atoms with E-state index >= 15 is 0 Å². The molecule has 0 aliphatic carbocycles. The minimum absolute atomic E-state index is 0.0324. The van der Waals surface area contributed by atoms with Gasteiger partial charge in [-0.25, -0.2) is 9.18 Å². The van der Waals surface area contributed by atoms with E-state index in [2.05, 4.69) is 4.98 Å². The van der Waals surface area contributed by atoms with E-state index in [1.165, 1.54) is 24.4 Å². The maximum atomic E-state index is 13.7. The predicted octanol–water partition coefficient (Wildman–Crippen LogP) is 3.17. The molecule has 3 nitrogen and oxygen atoms in total. The van der Waals surface area contributed by atoms with Crippen molar-refractivity contribution in [1.29, 1.82) is 0 Å². The van der Waals surface area contributed by atoms with Gasteiger partial charge in [0.1, 0.15) is 11.5 Å². The van der Waals surface area contributed by atoms with E-state index in [4.69, 9.17) is 16.7 Å². The molecule has 0 aliphatic rings. The van der Waals surface area contributed by atoms with Crippen molar-refractivity contribution in [3.05, 3.63) is 47.0 Å². The Kier molecular flexibility index (Phi) is 2.66. The molecule has 5 heteroatoms. The van der Waals surface area contributed by atoms with Crippen LogP contribution < -0.4 is 0 Å². The Morgan fingerprint density at radius 1 is 1.31 bits per heavy atom. The molecule has 0 amide bonds. The summed E-state index contributed by atoms with van der Waals surface area (Å²) in [7, 11) is 0. The number of H-pyrrole nitrogens is 1. The Hall–Kier alpha value is -1.81. The number of benzene rings is 1. The van der Waals surface area contributed by atoms with Crippen LogP contribution in [-0.4, -0.2) is 16.1 Å². The van der Waals surface area contributed by atoms with Gasteiger partial charge in [0, 0.05) is 17.3 Å². The first-order chi connectivity index (χ1) is 7.61. The highest BCUT2D eigenvalue weighted by Gasteiger charge is 2.16. The molecule has 0 atom stereocenters. The highest BCUT2D eigenvalue weighted by atomic mass is 35.5. The molecule has 0 radical (unpaired) electrons. The number of carboxylic acid groups (broad SMARTS) is 1. The number of carboxylic acids is 1. The topological polar surface area (TPSA) is 53.1 Å². The Balaban J connectivity index is 2.63. The first-order valence-electron chi connectivity index (χ1n) is 4.46. The second-order valence-corrected chi connectivity index (χ2v) is 3.58. The molecule has 0 saturated heterocycles. The van der Waals surface area contributed by atoms with E-state index in [-0.39, 0.29) is 21.8 Å². The fourth-order valence-electron chi connectivity index (χ4n) is 1.48. The van der Waals surface area contributed by atoms with Gasteiger partial charge in [-0.05, 0) is 12.1 Å². The molecule has 0 saturated carbocycles. The maximum absolute atomic E-state index is 13.7. The average Bonchev–Trinajstić information content (AvgIpc) is 2.70. The Morgan fingerprint density at radius 3 is 2.75 bits per heavy atom. The van der Waals surface area contributed by atoms with Gasteiger partial charge in [0.2, 0.25) is 0 Å². The normalized spacial score (nSPS) is 10.4. The zero-order chi connectivity index (χ0) is 11.7. The van der Waals surface area contributed by atoms with Crippen LogP contribution in [0.25, 0.3) is 11.1 Å². The van der Waals surface area contributed by atoms with Crippen molar-refractivity contribution >= 4 is 17.6 Å². The summed E-state index contributed by atoms with van der Waals surface area (Å²) in [5, 5.41) is 8.86. The molecule has 1 heterocycles. The van der Waals surface area contributed by atoms with Crippen molar-refractivity contribution in [3.63, 3.8) is 0 Å². The number of aromatic carboxylic acids is 1. The van der Waals surface area contributed by atoms with Crippen LogP contribution in [0.15, 0.2) is 30.5 Å². The zero-order valence-corrected chi connectivity index (χ0v) is 8.75. The Labute approximate surface area is 95.5 Å². The van der Waals surface area contributed by atoms with E-state index in [0.717, 1.165) is 0 Å². The van der Waals surface area contributed by atoms with E-state index in [1.54, 1.807) is 6.07 Å². The second kappa shape index (κ2) is 3.98. The summed E-state index contributed by atoms with van der Waals surface area (Å²) in [5.74, 6) is -1.76. The number of halogens is 2. The quantitative estimate of drug-likeness (QED) is 0.846. The summed E-state index contributed by atoms with van der Waals surface area (Å²) in [6.07, 6.45) is 1.44. The van der Waals surface area contributed by atoms with Crippen molar-refractivity contribution in [2.24, 2.45) is 0 Å². The number of hydrogen-bond acceptors (Lipinski definition) is 1. The van der Waals surface area contributed by atoms with Gasteiger partial charge in [-0.15, -0.1) is 0 Å². The molecule has 1 aromatic carbocycles. The van der Waals surface area contributed by atoms with Gasteiger partial charge in [0.25, 0.3) is 0 Å². The van der Waals surface area contributed by atoms with Gasteiger partial charge in [-0.1, -0.05) is 23.7 Å². The molecule has 82 valence electrons. The lowest BCUT2D eigenvalue weighted by Crippen LogP contribution is -1.99. The summed E-state index contributed by atoms with van der Waals surface area (Å²) < 4.78 is 13.7. The third-order valence-electron chi connectivity index (χ3n) is 2.20. The third kappa shape index (κ3) is 1.67. The highest BCUT2D eigenvalue weighted by Crippen LogP contribution is 2.29. The van der Waals surface area contributed by atoms with E-state index in [0.29, 0.717) is 0 Å². The summed E-state index contributed by atoms with van der Waals surface area (Å²) in [4.78, 5) is 13.4. The summed E-state index contributed by atoms with van der Waals surface area (Å²) in [6, 6.07) is 5.96. The molecule has 2 N–H and O–H groups in total. The molecular formula is C11H7ClFNO2. The third-order valence-corrected chi connectivity index (χ3v) is 2.49. The Bertz CT molecular complexity index is 551. The lowest BCUT2D eigenvalue weighted by Gasteiger charge is -2.03. The number of carbonyl (C=O) groups is 1. The van der Waals surface area contributed by atoms with Crippen LogP contribution in [0.4, 0.5) is 4.39 Å². The molecule has 16 heavy (non-hydrogen) atoms. The maximum Gasteiger partial charge on any atom is 0.352 e. The molecule has 0 unspecified atom stereocenters. The van der Waals surface area contributed by atoms with Crippen LogP contribution in [0.5, 0.6) is 0 Å². The summed E-state index contributed by atoms with van der Waals surface area (Å²) >= 11 is 5.63.